The van der Waals surface area contributed by atoms with Crippen LogP contribution in [0.5, 0.6) is 0 Å². The average molecular weight is 476 g/mol. The minimum atomic E-state index is -1.10. The number of aryl methyl sites for hydroxylation is 3. The zero-order valence-electron chi connectivity index (χ0n) is 20.5. The van der Waals surface area contributed by atoms with Gasteiger partial charge in [0.1, 0.15) is 23.0 Å². The smallest absolute Gasteiger partial charge is 0.340 e. The van der Waals surface area contributed by atoms with Crippen LogP contribution in [0.4, 0.5) is 0 Å². The molecule has 0 saturated heterocycles. The molecular weight excluding hydrogens is 446 g/mol. The molecule has 1 amide bonds. The Morgan fingerprint density at radius 2 is 1.63 bits per heavy atom. The number of benzene rings is 2. The van der Waals surface area contributed by atoms with Crippen LogP contribution in [0.15, 0.2) is 50.0 Å². The number of aliphatic carboxylic acids is 1. The zero-order valence-corrected chi connectivity index (χ0v) is 20.5. The summed E-state index contributed by atoms with van der Waals surface area (Å²) >= 11 is 0. The van der Waals surface area contributed by atoms with Crippen LogP contribution < -0.4 is 10.9 Å². The standard InChI is InChI=1S/C28H29NO6/c1-14(2)11-22(27(31)32)29-23(30)13-20-15(3)19-12-21-24(18-9-7-6-8-10-18)17(5)34-26(21)16(4)25(19)35-28(20)33/h6-10,12,14,22H,11,13H2,1-5H3,(H,29,30)(H,31,32). The molecule has 4 rings (SSSR count). The van der Waals surface area contributed by atoms with E-state index in [9.17, 15) is 19.5 Å². The van der Waals surface area contributed by atoms with Crippen molar-refractivity contribution in [2.24, 2.45) is 5.92 Å². The van der Waals surface area contributed by atoms with Crippen LogP contribution in [0.2, 0.25) is 0 Å². The van der Waals surface area contributed by atoms with Gasteiger partial charge < -0.3 is 19.3 Å². The van der Waals surface area contributed by atoms with Crippen LogP contribution in [0.1, 0.15) is 42.7 Å². The Morgan fingerprint density at radius 1 is 0.971 bits per heavy atom. The molecule has 1 atom stereocenters. The van der Waals surface area contributed by atoms with E-state index in [2.05, 4.69) is 5.32 Å². The third-order valence-electron chi connectivity index (χ3n) is 6.37. The Bertz CT molecular complexity index is 1490. The fourth-order valence-corrected chi connectivity index (χ4v) is 4.64. The largest absolute Gasteiger partial charge is 0.480 e. The maximum atomic E-state index is 12.9. The van der Waals surface area contributed by atoms with E-state index in [4.69, 9.17) is 8.83 Å². The van der Waals surface area contributed by atoms with Gasteiger partial charge in [-0.15, -0.1) is 0 Å². The zero-order chi connectivity index (χ0) is 25.4. The van der Waals surface area contributed by atoms with Gasteiger partial charge in [-0.2, -0.15) is 0 Å². The molecule has 0 spiro atoms. The number of carbonyl (C=O) groups is 2. The molecule has 35 heavy (non-hydrogen) atoms. The quantitative estimate of drug-likeness (QED) is 0.352. The van der Waals surface area contributed by atoms with E-state index in [0.29, 0.717) is 34.1 Å². The number of hydrogen-bond acceptors (Lipinski definition) is 5. The second kappa shape index (κ2) is 9.41. The van der Waals surface area contributed by atoms with Crippen molar-refractivity contribution in [1.82, 2.24) is 5.32 Å². The van der Waals surface area contributed by atoms with Gasteiger partial charge in [-0.3, -0.25) is 4.79 Å². The van der Waals surface area contributed by atoms with Crippen molar-refractivity contribution in [2.75, 3.05) is 0 Å². The molecule has 182 valence electrons. The summed E-state index contributed by atoms with van der Waals surface area (Å²) in [5.41, 5.74) is 3.99. The summed E-state index contributed by atoms with van der Waals surface area (Å²) in [6.07, 6.45) is 0.0324. The molecule has 7 heteroatoms. The van der Waals surface area contributed by atoms with Gasteiger partial charge in [-0.1, -0.05) is 44.2 Å². The predicted molar refractivity (Wildman–Crippen MR) is 135 cm³/mol. The Kier molecular flexibility index (Phi) is 6.52. The predicted octanol–water partition coefficient (Wildman–Crippen LogP) is 5.29. The van der Waals surface area contributed by atoms with Crippen molar-refractivity contribution in [1.29, 1.82) is 0 Å². The van der Waals surface area contributed by atoms with Gasteiger partial charge in [0, 0.05) is 21.9 Å². The van der Waals surface area contributed by atoms with Crippen LogP contribution in [0, 0.1) is 26.7 Å². The van der Waals surface area contributed by atoms with Crippen molar-refractivity contribution in [2.45, 2.75) is 53.5 Å². The molecule has 0 saturated carbocycles. The first-order valence-corrected chi connectivity index (χ1v) is 11.6. The molecule has 0 aliphatic heterocycles. The molecular formula is C28H29NO6. The van der Waals surface area contributed by atoms with E-state index in [1.54, 1.807) is 6.92 Å². The van der Waals surface area contributed by atoms with Crippen LogP contribution in [-0.2, 0) is 16.0 Å². The van der Waals surface area contributed by atoms with Crippen molar-refractivity contribution in [3.05, 3.63) is 69.3 Å². The highest BCUT2D eigenvalue weighted by Gasteiger charge is 2.24. The highest BCUT2D eigenvalue weighted by atomic mass is 16.4. The number of carboxylic acid groups (broad SMARTS) is 1. The van der Waals surface area contributed by atoms with Gasteiger partial charge in [-0.25, -0.2) is 9.59 Å². The minimum Gasteiger partial charge on any atom is -0.480 e. The van der Waals surface area contributed by atoms with Crippen molar-refractivity contribution in [3.8, 4) is 11.1 Å². The Hall–Kier alpha value is -3.87. The highest BCUT2D eigenvalue weighted by Crippen LogP contribution is 2.39. The minimum absolute atomic E-state index is 0.0893. The highest BCUT2D eigenvalue weighted by molar-refractivity contribution is 6.06. The molecule has 4 aromatic rings. The topological polar surface area (TPSA) is 110 Å². The number of nitrogens with one attached hydrogen (secondary N) is 1. The fourth-order valence-electron chi connectivity index (χ4n) is 4.64. The molecule has 2 aromatic carbocycles. The maximum absolute atomic E-state index is 12.9. The third kappa shape index (κ3) is 4.58. The molecule has 0 aliphatic rings. The number of carboxylic acids is 1. The van der Waals surface area contributed by atoms with Crippen LogP contribution in [0.25, 0.3) is 33.1 Å². The summed E-state index contributed by atoms with van der Waals surface area (Å²) in [6, 6.07) is 10.8. The number of rotatable bonds is 7. The van der Waals surface area contributed by atoms with E-state index >= 15 is 0 Å². The average Bonchev–Trinajstić information content (AvgIpc) is 3.13. The van der Waals surface area contributed by atoms with E-state index in [1.165, 1.54) is 0 Å². The van der Waals surface area contributed by atoms with Gasteiger partial charge in [0.15, 0.2) is 0 Å². The van der Waals surface area contributed by atoms with E-state index in [-0.39, 0.29) is 17.9 Å². The van der Waals surface area contributed by atoms with Crippen molar-refractivity contribution < 1.29 is 23.5 Å². The van der Waals surface area contributed by atoms with E-state index in [0.717, 1.165) is 22.3 Å². The van der Waals surface area contributed by atoms with Crippen molar-refractivity contribution in [3.63, 3.8) is 0 Å². The molecule has 0 aliphatic carbocycles. The van der Waals surface area contributed by atoms with Gasteiger partial charge >= 0.3 is 11.6 Å². The molecule has 7 nitrogen and oxygen atoms in total. The normalized spacial score (nSPS) is 12.4. The van der Waals surface area contributed by atoms with Gasteiger partial charge in [0.25, 0.3) is 0 Å². The molecule has 2 heterocycles. The van der Waals surface area contributed by atoms with Gasteiger partial charge in [0.05, 0.1) is 12.0 Å². The lowest BCUT2D eigenvalue weighted by Gasteiger charge is -2.17. The van der Waals surface area contributed by atoms with E-state index < -0.39 is 23.5 Å². The lowest BCUT2D eigenvalue weighted by atomic mass is 9.96. The second-order valence-corrected chi connectivity index (χ2v) is 9.41. The number of hydrogen-bond donors (Lipinski definition) is 2. The second-order valence-electron chi connectivity index (χ2n) is 9.41. The number of amides is 1. The van der Waals surface area contributed by atoms with Crippen LogP contribution in [-0.4, -0.2) is 23.0 Å². The summed E-state index contributed by atoms with van der Waals surface area (Å²) in [7, 11) is 0. The summed E-state index contributed by atoms with van der Waals surface area (Å²) in [5, 5.41) is 13.6. The van der Waals surface area contributed by atoms with Crippen LogP contribution in [0.3, 0.4) is 0 Å². The number of fused-ring (bicyclic) bond motifs is 2. The fraction of sp³-hybridized carbons (Fsp3) is 0.321. The van der Waals surface area contributed by atoms with Crippen molar-refractivity contribution >= 4 is 33.8 Å². The van der Waals surface area contributed by atoms with Gasteiger partial charge in [-0.05, 0) is 50.3 Å². The number of furan rings is 1. The first kappa shape index (κ1) is 24.3. The summed E-state index contributed by atoms with van der Waals surface area (Å²) < 4.78 is 11.8. The molecule has 0 fully saturated rings. The summed E-state index contributed by atoms with van der Waals surface area (Å²) in [5.74, 6) is -0.786. The Balaban J connectivity index is 1.81. The summed E-state index contributed by atoms with van der Waals surface area (Å²) in [4.78, 5) is 37.1. The number of carbonyl (C=O) groups excluding carboxylic acids is 1. The maximum Gasteiger partial charge on any atom is 0.340 e. The SMILES string of the molecule is Cc1oc2c(C)c3oc(=O)c(CC(=O)NC(CC(C)C)C(=O)O)c(C)c3cc2c1-c1ccccc1. The molecule has 2 aromatic heterocycles. The first-order chi connectivity index (χ1) is 16.6. The van der Waals surface area contributed by atoms with Crippen LogP contribution >= 0.6 is 0 Å². The molecule has 0 radical (unpaired) electrons. The summed E-state index contributed by atoms with van der Waals surface area (Å²) in [6.45, 7) is 9.30. The lowest BCUT2D eigenvalue weighted by molar-refractivity contribution is -0.142. The van der Waals surface area contributed by atoms with E-state index in [1.807, 2.05) is 64.1 Å². The van der Waals surface area contributed by atoms with Gasteiger partial charge in [0.2, 0.25) is 5.91 Å². The molecule has 1 unspecified atom stereocenters. The first-order valence-electron chi connectivity index (χ1n) is 11.6. The lowest BCUT2D eigenvalue weighted by Crippen LogP contribution is -2.42. The Labute approximate surface area is 202 Å². The molecule has 0 bridgehead atoms. The molecule has 2 N–H and O–H groups in total. The Morgan fingerprint density at radius 3 is 2.26 bits per heavy atom. The third-order valence-corrected chi connectivity index (χ3v) is 6.37. The monoisotopic (exact) mass is 475 g/mol.